The molecule has 5 heteroatoms. The first-order valence-electron chi connectivity index (χ1n) is 11.5. The van der Waals surface area contributed by atoms with Gasteiger partial charge in [0.05, 0.1) is 0 Å². The second-order valence-corrected chi connectivity index (χ2v) is 10.4. The monoisotopic (exact) mass is 436 g/mol. The molecule has 1 saturated heterocycles. The van der Waals surface area contributed by atoms with Crippen LogP contribution in [0.25, 0.3) is 0 Å². The number of benzene rings is 2. The van der Waals surface area contributed by atoms with E-state index in [1.54, 1.807) is 12.1 Å². The standard InChI is InChI=1S/C27H33FN2O2/c1-25(2)18-27(25,21-7-5-4-6-8-21)19-30(3)24(32)14-16-26(15-13-23(31)29-26)17-20-9-11-22(28)12-10-20/h4-12H,13-19H2,1-3H3,(H,29,31)/t26-,27-/m1/s1. The number of hydrogen-bond acceptors (Lipinski definition) is 2. The van der Waals surface area contributed by atoms with Gasteiger partial charge in [-0.3, -0.25) is 9.59 Å². The summed E-state index contributed by atoms with van der Waals surface area (Å²) in [7, 11) is 1.89. The number of rotatable bonds is 8. The van der Waals surface area contributed by atoms with Crippen molar-refractivity contribution in [1.29, 1.82) is 0 Å². The van der Waals surface area contributed by atoms with Gasteiger partial charge in [-0.1, -0.05) is 56.3 Å². The molecule has 2 aromatic rings. The van der Waals surface area contributed by atoms with E-state index in [1.807, 2.05) is 18.0 Å². The molecule has 1 aliphatic carbocycles. The van der Waals surface area contributed by atoms with Crippen LogP contribution in [0, 0.1) is 11.2 Å². The number of nitrogens with one attached hydrogen (secondary N) is 1. The summed E-state index contributed by atoms with van der Waals surface area (Å²) in [6.07, 6.45) is 3.80. The van der Waals surface area contributed by atoms with Gasteiger partial charge in [0.1, 0.15) is 5.82 Å². The highest BCUT2D eigenvalue weighted by Gasteiger charge is 2.62. The van der Waals surface area contributed by atoms with Gasteiger partial charge in [-0.2, -0.15) is 0 Å². The van der Waals surface area contributed by atoms with Crippen molar-refractivity contribution < 1.29 is 14.0 Å². The van der Waals surface area contributed by atoms with Crippen LogP contribution in [0.5, 0.6) is 0 Å². The van der Waals surface area contributed by atoms with Crippen LogP contribution < -0.4 is 5.32 Å². The average molecular weight is 437 g/mol. The van der Waals surface area contributed by atoms with Crippen LogP contribution in [0.1, 0.15) is 57.1 Å². The number of carbonyl (C=O) groups excluding carboxylic acids is 2. The lowest BCUT2D eigenvalue weighted by Crippen LogP contribution is -2.45. The lowest BCUT2D eigenvalue weighted by molar-refractivity contribution is -0.131. The van der Waals surface area contributed by atoms with Gasteiger partial charge in [-0.25, -0.2) is 4.39 Å². The average Bonchev–Trinajstić information content (AvgIpc) is 3.13. The van der Waals surface area contributed by atoms with Gasteiger partial charge >= 0.3 is 0 Å². The molecular formula is C27H33FN2O2. The Balaban J connectivity index is 1.42. The molecule has 2 amide bonds. The molecule has 0 aromatic heterocycles. The molecule has 2 fully saturated rings. The number of hydrogen-bond donors (Lipinski definition) is 1. The van der Waals surface area contributed by atoms with Crippen molar-refractivity contribution in [3.05, 3.63) is 71.5 Å². The summed E-state index contributed by atoms with van der Waals surface area (Å²) in [5.41, 5.74) is 1.97. The predicted octanol–water partition coefficient (Wildman–Crippen LogP) is 4.62. The Morgan fingerprint density at radius 3 is 2.31 bits per heavy atom. The van der Waals surface area contributed by atoms with E-state index in [4.69, 9.17) is 0 Å². The first-order valence-corrected chi connectivity index (χ1v) is 11.5. The van der Waals surface area contributed by atoms with Crippen molar-refractivity contribution in [3.8, 4) is 0 Å². The van der Waals surface area contributed by atoms with Gasteiger partial charge in [0, 0.05) is 37.4 Å². The molecule has 0 radical (unpaired) electrons. The minimum Gasteiger partial charge on any atom is -0.350 e. The highest BCUT2D eigenvalue weighted by Crippen LogP contribution is 2.64. The Morgan fingerprint density at radius 2 is 1.75 bits per heavy atom. The van der Waals surface area contributed by atoms with Crippen LogP contribution in [0.15, 0.2) is 54.6 Å². The first kappa shape index (κ1) is 22.5. The summed E-state index contributed by atoms with van der Waals surface area (Å²) >= 11 is 0. The number of halogens is 1. The molecule has 0 spiro atoms. The number of carbonyl (C=O) groups is 2. The van der Waals surface area contributed by atoms with Crippen LogP contribution >= 0.6 is 0 Å². The molecule has 32 heavy (non-hydrogen) atoms. The van der Waals surface area contributed by atoms with Gasteiger partial charge in [-0.15, -0.1) is 0 Å². The van der Waals surface area contributed by atoms with E-state index >= 15 is 0 Å². The second-order valence-electron chi connectivity index (χ2n) is 10.4. The van der Waals surface area contributed by atoms with E-state index < -0.39 is 5.54 Å². The summed E-state index contributed by atoms with van der Waals surface area (Å²) in [5.74, 6) is -0.149. The van der Waals surface area contributed by atoms with Gasteiger partial charge in [-0.05, 0) is 54.4 Å². The first-order chi connectivity index (χ1) is 15.1. The maximum absolute atomic E-state index is 13.3. The van der Waals surface area contributed by atoms with E-state index in [0.29, 0.717) is 38.6 Å². The summed E-state index contributed by atoms with van der Waals surface area (Å²) < 4.78 is 13.3. The fraction of sp³-hybridized carbons (Fsp3) is 0.481. The van der Waals surface area contributed by atoms with Crippen LogP contribution in [0.4, 0.5) is 4.39 Å². The van der Waals surface area contributed by atoms with Gasteiger partial charge in [0.25, 0.3) is 0 Å². The van der Waals surface area contributed by atoms with Crippen LogP contribution in [-0.2, 0) is 21.4 Å². The molecule has 1 aliphatic heterocycles. The fourth-order valence-electron chi connectivity index (χ4n) is 5.53. The van der Waals surface area contributed by atoms with Crippen LogP contribution in [0.2, 0.25) is 0 Å². The van der Waals surface area contributed by atoms with Crippen molar-refractivity contribution in [2.75, 3.05) is 13.6 Å². The Kier molecular flexibility index (Phi) is 5.87. The van der Waals surface area contributed by atoms with Crippen molar-refractivity contribution in [2.24, 2.45) is 5.41 Å². The zero-order valence-corrected chi connectivity index (χ0v) is 19.3. The Labute approximate surface area is 190 Å². The van der Waals surface area contributed by atoms with E-state index in [9.17, 15) is 14.0 Å². The molecule has 2 aromatic carbocycles. The minimum absolute atomic E-state index is 0.00789. The molecule has 1 saturated carbocycles. The van der Waals surface area contributed by atoms with Crippen molar-refractivity contribution >= 4 is 11.8 Å². The van der Waals surface area contributed by atoms with Gasteiger partial charge in [0.15, 0.2) is 0 Å². The molecule has 1 heterocycles. The molecule has 2 aliphatic rings. The fourth-order valence-corrected chi connectivity index (χ4v) is 5.53. The summed E-state index contributed by atoms with van der Waals surface area (Å²) in [6.45, 7) is 5.23. The molecule has 0 bridgehead atoms. The predicted molar refractivity (Wildman–Crippen MR) is 124 cm³/mol. The van der Waals surface area contributed by atoms with Crippen molar-refractivity contribution in [3.63, 3.8) is 0 Å². The lowest BCUT2D eigenvalue weighted by Gasteiger charge is -2.31. The summed E-state index contributed by atoms with van der Waals surface area (Å²) in [6, 6.07) is 16.9. The third-order valence-electron chi connectivity index (χ3n) is 7.68. The quantitative estimate of drug-likeness (QED) is 0.656. The molecule has 1 N–H and O–H groups in total. The third kappa shape index (κ3) is 4.43. The number of nitrogens with zero attached hydrogens (tertiary/aromatic N) is 1. The van der Waals surface area contributed by atoms with E-state index in [0.717, 1.165) is 12.0 Å². The number of likely N-dealkylation sites (N-methyl/N-ethyl adjacent to an activating group) is 1. The summed E-state index contributed by atoms with van der Waals surface area (Å²) in [5, 5.41) is 3.12. The third-order valence-corrected chi connectivity index (χ3v) is 7.68. The van der Waals surface area contributed by atoms with E-state index in [1.165, 1.54) is 17.7 Å². The van der Waals surface area contributed by atoms with Crippen molar-refractivity contribution in [1.82, 2.24) is 10.2 Å². The SMILES string of the molecule is CN(C[C@@]1(c2ccccc2)CC1(C)C)C(=O)CC[C@@]1(Cc2ccc(F)cc2)CCC(=O)N1. The highest BCUT2D eigenvalue weighted by atomic mass is 19.1. The van der Waals surface area contributed by atoms with E-state index in [-0.39, 0.29) is 28.5 Å². The topological polar surface area (TPSA) is 49.4 Å². The lowest BCUT2D eigenvalue weighted by atomic mass is 9.84. The smallest absolute Gasteiger partial charge is 0.222 e. The molecule has 4 rings (SSSR count). The molecule has 4 nitrogen and oxygen atoms in total. The Morgan fingerprint density at radius 1 is 1.09 bits per heavy atom. The minimum atomic E-state index is -0.443. The van der Waals surface area contributed by atoms with Crippen molar-refractivity contribution in [2.45, 2.75) is 63.3 Å². The maximum atomic E-state index is 13.3. The van der Waals surface area contributed by atoms with Crippen LogP contribution in [0.3, 0.4) is 0 Å². The van der Waals surface area contributed by atoms with Gasteiger partial charge < -0.3 is 10.2 Å². The molecule has 170 valence electrons. The zero-order chi connectivity index (χ0) is 23.0. The summed E-state index contributed by atoms with van der Waals surface area (Å²) in [4.78, 5) is 27.0. The van der Waals surface area contributed by atoms with Gasteiger partial charge in [0.2, 0.25) is 11.8 Å². The van der Waals surface area contributed by atoms with Crippen LogP contribution in [-0.4, -0.2) is 35.8 Å². The maximum Gasteiger partial charge on any atom is 0.222 e. The number of amides is 2. The largest absolute Gasteiger partial charge is 0.350 e. The Hall–Kier alpha value is -2.69. The molecule has 2 atom stereocenters. The zero-order valence-electron chi connectivity index (χ0n) is 19.3. The van der Waals surface area contributed by atoms with E-state index in [2.05, 4.69) is 43.4 Å². The Bertz CT molecular complexity index is 988. The molecular weight excluding hydrogens is 403 g/mol. The normalized spacial score (nSPS) is 25.9. The molecule has 0 unspecified atom stereocenters. The second kappa shape index (κ2) is 8.34. The highest BCUT2D eigenvalue weighted by molar-refractivity contribution is 5.80.